The predicted molar refractivity (Wildman–Crippen MR) is 72.1 cm³/mol. The Bertz CT molecular complexity index is 482. The lowest BCUT2D eigenvalue weighted by Crippen LogP contribution is -2.59. The first-order valence-corrected chi connectivity index (χ1v) is 6.72. The van der Waals surface area contributed by atoms with Crippen molar-refractivity contribution >= 4 is 16.8 Å². The molecule has 2 aliphatic heterocycles. The highest BCUT2D eigenvalue weighted by atomic mass is 35.5. The van der Waals surface area contributed by atoms with Gasteiger partial charge in [0.2, 0.25) is 5.17 Å². The van der Waals surface area contributed by atoms with E-state index in [0.29, 0.717) is 26.0 Å². The van der Waals surface area contributed by atoms with Crippen molar-refractivity contribution < 1.29 is 18.4 Å². The van der Waals surface area contributed by atoms with Gasteiger partial charge in [-0.15, -0.1) is 0 Å². The summed E-state index contributed by atoms with van der Waals surface area (Å²) in [5.41, 5.74) is 4.38. The Balaban J connectivity index is 2.08. The molecule has 0 aromatic heterocycles. The second kappa shape index (κ2) is 6.20. The second-order valence-electron chi connectivity index (χ2n) is 4.96. The minimum atomic E-state index is -3.11. The van der Waals surface area contributed by atoms with Gasteiger partial charge in [0.15, 0.2) is 0 Å². The number of nitro groups is 1. The van der Waals surface area contributed by atoms with Gasteiger partial charge >= 0.3 is 5.70 Å². The largest absolute Gasteiger partial charge is 0.399 e. The molecule has 2 saturated heterocycles. The average molecular weight is 325 g/mol. The fourth-order valence-electron chi connectivity index (χ4n) is 2.27. The van der Waals surface area contributed by atoms with Crippen LogP contribution in [0.15, 0.2) is 16.9 Å². The Morgan fingerprint density at radius 1 is 1.57 bits per heavy atom. The van der Waals surface area contributed by atoms with Gasteiger partial charge in [-0.3, -0.25) is 20.0 Å². The Labute approximate surface area is 124 Å². The molecule has 2 fully saturated rings. The zero-order valence-corrected chi connectivity index (χ0v) is 11.8. The maximum absolute atomic E-state index is 14.1. The number of hydrogen-bond donors (Lipinski definition) is 1. The van der Waals surface area contributed by atoms with Crippen LogP contribution in [0.3, 0.4) is 0 Å². The van der Waals surface area contributed by atoms with Crippen LogP contribution in [-0.4, -0.2) is 59.3 Å². The summed E-state index contributed by atoms with van der Waals surface area (Å²) < 4.78 is 33.2. The van der Waals surface area contributed by atoms with E-state index in [9.17, 15) is 18.9 Å². The minimum absolute atomic E-state index is 0.00884. The highest BCUT2D eigenvalue weighted by molar-refractivity contribution is 6.69. The molecule has 0 radical (unpaired) electrons. The molecule has 2 aliphatic rings. The fraction of sp³-hybridized carbons (Fsp3) is 0.727. The van der Waals surface area contributed by atoms with Crippen molar-refractivity contribution in [2.24, 2.45) is 10.7 Å². The summed E-state index contributed by atoms with van der Waals surface area (Å²) in [7, 11) is 0. The van der Waals surface area contributed by atoms with Gasteiger partial charge in [-0.05, 0) is 6.42 Å². The molecule has 2 rings (SSSR count). The Morgan fingerprint density at radius 2 is 2.24 bits per heavy atom. The molecule has 0 aliphatic carbocycles. The van der Waals surface area contributed by atoms with Gasteiger partial charge in [0.1, 0.15) is 6.04 Å². The molecular weight excluding hydrogens is 310 g/mol. The summed E-state index contributed by atoms with van der Waals surface area (Å²) in [6, 6.07) is -1.38. The number of piperidine rings is 1. The zero-order chi connectivity index (χ0) is 15.6. The van der Waals surface area contributed by atoms with Crippen molar-refractivity contribution in [1.82, 2.24) is 4.90 Å². The molecule has 21 heavy (non-hydrogen) atoms. The van der Waals surface area contributed by atoms with Crippen LogP contribution < -0.4 is 5.73 Å². The Hall–Kier alpha value is -1.32. The van der Waals surface area contributed by atoms with Crippen molar-refractivity contribution in [2.45, 2.75) is 24.4 Å². The first kappa shape index (κ1) is 16.1. The molecule has 10 heteroatoms. The lowest BCUT2D eigenvalue weighted by atomic mass is 9.99. The molecule has 1 unspecified atom stereocenters. The molecule has 7 nitrogen and oxygen atoms in total. The number of halogens is 3. The van der Waals surface area contributed by atoms with Crippen molar-refractivity contribution in [2.75, 3.05) is 26.3 Å². The smallest absolute Gasteiger partial charge is 0.321 e. The molecule has 118 valence electrons. The van der Waals surface area contributed by atoms with Gasteiger partial charge in [-0.1, -0.05) is 11.6 Å². The molecular formula is C11H15ClF2N4O3. The van der Waals surface area contributed by atoms with Gasteiger partial charge in [-0.25, -0.2) is 8.78 Å². The molecule has 2 N–H and O–H groups in total. The van der Waals surface area contributed by atoms with Crippen LogP contribution in [0.1, 0.15) is 6.42 Å². The second-order valence-corrected chi connectivity index (χ2v) is 5.31. The number of nitrogens with two attached hydrogens (primary N) is 1. The lowest BCUT2D eigenvalue weighted by Gasteiger charge is -2.43. The van der Waals surface area contributed by atoms with E-state index in [-0.39, 0.29) is 12.5 Å². The summed E-state index contributed by atoms with van der Waals surface area (Å²) >= 11 is 5.63. The normalized spacial score (nSPS) is 28.2. The number of likely N-dealkylation sites (tertiary alicyclic amines) is 1. The van der Waals surface area contributed by atoms with Crippen LogP contribution >= 0.6 is 11.6 Å². The zero-order valence-electron chi connectivity index (χ0n) is 11.0. The van der Waals surface area contributed by atoms with Crippen LogP contribution in [0.2, 0.25) is 0 Å². The highest BCUT2D eigenvalue weighted by Crippen LogP contribution is 2.32. The maximum atomic E-state index is 14.1. The number of hydrogen-bond acceptors (Lipinski definition) is 6. The number of allylic oxidation sites excluding steroid dienone is 1. The molecule has 0 bridgehead atoms. The van der Waals surface area contributed by atoms with Crippen LogP contribution in [0.4, 0.5) is 8.78 Å². The molecule has 0 amide bonds. The summed E-state index contributed by atoms with van der Waals surface area (Å²) in [6.07, 6.45) is 0.708. The maximum Gasteiger partial charge on any atom is 0.321 e. The number of alkyl halides is 2. The summed E-state index contributed by atoms with van der Waals surface area (Å²) in [4.78, 5) is 15.0. The van der Waals surface area contributed by atoms with E-state index in [1.54, 1.807) is 4.90 Å². The minimum Gasteiger partial charge on any atom is -0.399 e. The van der Waals surface area contributed by atoms with E-state index < -0.39 is 34.3 Å². The van der Waals surface area contributed by atoms with Crippen LogP contribution in [-0.2, 0) is 4.74 Å². The van der Waals surface area contributed by atoms with Gasteiger partial charge in [-0.2, -0.15) is 0 Å². The lowest BCUT2D eigenvalue weighted by molar-refractivity contribution is -0.414. The molecule has 1 atom stereocenters. The molecule has 0 saturated carbocycles. The quantitative estimate of drug-likeness (QED) is 0.469. The Morgan fingerprint density at radius 3 is 2.67 bits per heavy atom. The molecule has 0 aromatic rings. The van der Waals surface area contributed by atoms with Gasteiger partial charge in [0.25, 0.3) is 5.92 Å². The number of ether oxygens (including phenoxy) is 1. The Kier molecular flexibility index (Phi) is 4.74. The van der Waals surface area contributed by atoms with Crippen molar-refractivity contribution in [3.05, 3.63) is 22.0 Å². The van der Waals surface area contributed by atoms with Crippen molar-refractivity contribution in [1.29, 1.82) is 0 Å². The van der Waals surface area contributed by atoms with Gasteiger partial charge < -0.3 is 10.5 Å². The van der Waals surface area contributed by atoms with E-state index in [2.05, 4.69) is 4.99 Å². The topological polar surface area (TPSA) is 94.0 Å². The van der Waals surface area contributed by atoms with Crippen LogP contribution in [0.25, 0.3) is 0 Å². The third kappa shape index (κ3) is 3.47. The SMILES string of the molecule is NC=C(C(Cl)=NC1CCN(C2COC2)CC1(F)F)[N+](=O)[O-]. The van der Waals surface area contributed by atoms with Gasteiger partial charge in [0, 0.05) is 6.54 Å². The number of rotatable bonds is 4. The number of nitrogens with zero attached hydrogens (tertiary/aromatic N) is 3. The first-order valence-electron chi connectivity index (χ1n) is 6.34. The first-order chi connectivity index (χ1) is 9.85. The van der Waals surface area contributed by atoms with E-state index in [4.69, 9.17) is 22.1 Å². The molecule has 0 aromatic carbocycles. The third-order valence-electron chi connectivity index (χ3n) is 3.56. The standard InChI is InChI=1S/C11H15ClF2N4O3/c12-10(8(3-15)18(19)20)16-9-1-2-17(6-11(9,13)14)7-4-21-5-7/h3,7,9H,1-2,4-6,15H2. The number of aliphatic imine (C=N–C) groups is 1. The predicted octanol–water partition coefficient (Wildman–Crippen LogP) is 0.809. The van der Waals surface area contributed by atoms with E-state index in [1.807, 2.05) is 0 Å². The van der Waals surface area contributed by atoms with Crippen LogP contribution in [0, 0.1) is 10.1 Å². The van der Waals surface area contributed by atoms with Crippen molar-refractivity contribution in [3.8, 4) is 0 Å². The molecule has 2 heterocycles. The summed E-state index contributed by atoms with van der Waals surface area (Å²) in [5.74, 6) is -3.11. The summed E-state index contributed by atoms with van der Waals surface area (Å²) in [5, 5.41) is 10.0. The summed E-state index contributed by atoms with van der Waals surface area (Å²) in [6.45, 7) is 0.861. The highest BCUT2D eigenvalue weighted by Gasteiger charge is 2.47. The fourth-order valence-corrected chi connectivity index (χ4v) is 2.52. The van der Waals surface area contributed by atoms with E-state index in [0.717, 1.165) is 0 Å². The van der Waals surface area contributed by atoms with E-state index >= 15 is 0 Å². The molecule has 0 spiro atoms. The monoisotopic (exact) mass is 324 g/mol. The van der Waals surface area contributed by atoms with E-state index in [1.165, 1.54) is 0 Å². The van der Waals surface area contributed by atoms with Gasteiger partial charge in [0.05, 0.1) is 36.9 Å². The van der Waals surface area contributed by atoms with Crippen molar-refractivity contribution in [3.63, 3.8) is 0 Å². The van der Waals surface area contributed by atoms with Crippen LogP contribution in [0.5, 0.6) is 0 Å². The third-order valence-corrected chi connectivity index (χ3v) is 3.85. The average Bonchev–Trinajstić information content (AvgIpc) is 2.30.